The van der Waals surface area contributed by atoms with E-state index in [9.17, 15) is 0 Å². The summed E-state index contributed by atoms with van der Waals surface area (Å²) < 4.78 is 0. The van der Waals surface area contributed by atoms with Crippen molar-refractivity contribution in [1.82, 2.24) is 0 Å². The molecule has 1 unspecified atom stereocenters. The molecule has 0 aromatic heterocycles. The molecule has 1 atom stereocenters. The summed E-state index contributed by atoms with van der Waals surface area (Å²) in [6.45, 7) is 9.82. The topological polar surface area (TPSA) is 23.9 Å². The van der Waals surface area contributed by atoms with Crippen molar-refractivity contribution in [2.24, 2.45) is 11.8 Å². The van der Waals surface area contributed by atoms with Crippen LogP contribution in [0.2, 0.25) is 0 Å². The van der Waals surface area contributed by atoms with Crippen molar-refractivity contribution in [3.63, 3.8) is 0 Å². The van der Waals surface area contributed by atoms with Crippen molar-refractivity contribution < 1.29 is 0 Å². The van der Waals surface area contributed by atoms with Gasteiger partial charge in [0.25, 0.3) is 0 Å². The molecule has 1 heteroatoms. The monoisotopic (exact) mass is 125 g/mol. The lowest BCUT2D eigenvalue weighted by Gasteiger charge is -2.12. The van der Waals surface area contributed by atoms with Crippen LogP contribution in [0.15, 0.2) is 12.7 Å². The molecule has 52 valence electrons. The van der Waals surface area contributed by atoms with Crippen LogP contribution in [0.3, 0.4) is 0 Å². The fraction of sp³-hybridized carbons (Fsp3) is 0.625. The Kier molecular flexibility index (Phi) is 3.21. The van der Waals surface area contributed by atoms with Gasteiger partial charge in [-0.2, -0.15) is 0 Å². The Morgan fingerprint density at radius 2 is 1.89 bits per heavy atom. The van der Waals surface area contributed by atoms with E-state index in [4.69, 9.17) is 5.41 Å². The number of hydrogen-bond donors (Lipinski definition) is 1. The average molecular weight is 125 g/mol. The number of nitrogens with one attached hydrogen (secondary N) is 1. The van der Waals surface area contributed by atoms with Crippen LogP contribution in [0.4, 0.5) is 0 Å². The minimum absolute atomic E-state index is 0.350. The van der Waals surface area contributed by atoms with E-state index in [1.165, 1.54) is 0 Å². The lowest BCUT2D eigenvalue weighted by Crippen LogP contribution is -2.12. The second-order valence-corrected chi connectivity index (χ2v) is 2.69. The molecule has 0 spiro atoms. The predicted octanol–water partition coefficient (Wildman–Crippen LogP) is 2.48. The van der Waals surface area contributed by atoms with E-state index in [0.717, 1.165) is 0 Å². The van der Waals surface area contributed by atoms with Gasteiger partial charge in [-0.05, 0) is 17.9 Å². The van der Waals surface area contributed by atoms with Crippen LogP contribution in [-0.2, 0) is 0 Å². The molecule has 0 bridgehead atoms. The summed E-state index contributed by atoms with van der Waals surface area (Å²) in [5.41, 5.74) is 0.644. The highest BCUT2D eigenvalue weighted by atomic mass is 14.4. The normalized spacial score (nSPS) is 13.3. The van der Waals surface area contributed by atoms with Crippen molar-refractivity contribution in [2.45, 2.75) is 20.8 Å². The molecule has 0 aliphatic heterocycles. The van der Waals surface area contributed by atoms with Gasteiger partial charge in [0, 0.05) is 5.71 Å². The maximum atomic E-state index is 7.36. The van der Waals surface area contributed by atoms with E-state index in [1.54, 1.807) is 6.08 Å². The van der Waals surface area contributed by atoms with Crippen LogP contribution in [0.5, 0.6) is 0 Å². The third-order valence-electron chi connectivity index (χ3n) is 1.71. The van der Waals surface area contributed by atoms with Gasteiger partial charge < -0.3 is 5.41 Å². The zero-order chi connectivity index (χ0) is 7.44. The molecule has 0 saturated carbocycles. The molecular weight excluding hydrogens is 110 g/mol. The molecule has 0 aromatic carbocycles. The van der Waals surface area contributed by atoms with Crippen LogP contribution in [-0.4, -0.2) is 5.71 Å². The minimum atomic E-state index is 0.350. The highest BCUT2D eigenvalue weighted by molar-refractivity contribution is 5.93. The van der Waals surface area contributed by atoms with Crippen molar-refractivity contribution in [1.29, 1.82) is 5.41 Å². The summed E-state index contributed by atoms with van der Waals surface area (Å²) in [5.74, 6) is 0.901. The molecule has 1 nitrogen and oxygen atoms in total. The SMILES string of the molecule is C=CC(=N)C(C)C(C)C. The summed E-state index contributed by atoms with van der Waals surface area (Å²) in [6.07, 6.45) is 1.62. The van der Waals surface area contributed by atoms with Gasteiger partial charge in [-0.15, -0.1) is 0 Å². The minimum Gasteiger partial charge on any atom is -0.305 e. The van der Waals surface area contributed by atoms with E-state index >= 15 is 0 Å². The first kappa shape index (κ1) is 8.41. The average Bonchev–Trinajstić information content (AvgIpc) is 1.84. The molecule has 0 aromatic rings. The smallest absolute Gasteiger partial charge is 0.0338 e. The summed E-state index contributed by atoms with van der Waals surface area (Å²) >= 11 is 0. The predicted molar refractivity (Wildman–Crippen MR) is 41.9 cm³/mol. The van der Waals surface area contributed by atoms with Gasteiger partial charge in [0.15, 0.2) is 0 Å². The maximum Gasteiger partial charge on any atom is 0.0338 e. The highest BCUT2D eigenvalue weighted by Gasteiger charge is 2.08. The van der Waals surface area contributed by atoms with E-state index in [1.807, 2.05) is 0 Å². The molecular formula is C8H15N. The second kappa shape index (κ2) is 3.44. The molecule has 0 radical (unpaired) electrons. The van der Waals surface area contributed by atoms with Crippen molar-refractivity contribution in [3.05, 3.63) is 12.7 Å². The first-order chi connectivity index (χ1) is 4.09. The van der Waals surface area contributed by atoms with Crippen LogP contribution in [0.1, 0.15) is 20.8 Å². The second-order valence-electron chi connectivity index (χ2n) is 2.69. The summed E-state index contributed by atoms with van der Waals surface area (Å²) in [5, 5.41) is 7.36. The Morgan fingerprint density at radius 3 is 2.00 bits per heavy atom. The zero-order valence-electron chi connectivity index (χ0n) is 6.44. The number of allylic oxidation sites excluding steroid dienone is 1. The number of hydrogen-bond acceptors (Lipinski definition) is 1. The van der Waals surface area contributed by atoms with Gasteiger partial charge in [0.1, 0.15) is 0 Å². The largest absolute Gasteiger partial charge is 0.305 e. The van der Waals surface area contributed by atoms with Gasteiger partial charge in [0.2, 0.25) is 0 Å². The lowest BCUT2D eigenvalue weighted by molar-refractivity contribution is 0.532. The van der Waals surface area contributed by atoms with Crippen molar-refractivity contribution >= 4 is 5.71 Å². The van der Waals surface area contributed by atoms with Crippen LogP contribution in [0, 0.1) is 17.2 Å². The van der Waals surface area contributed by atoms with Crippen molar-refractivity contribution in [2.75, 3.05) is 0 Å². The van der Waals surface area contributed by atoms with Gasteiger partial charge >= 0.3 is 0 Å². The summed E-state index contributed by atoms with van der Waals surface area (Å²) in [4.78, 5) is 0. The molecule has 0 aliphatic carbocycles. The van der Waals surface area contributed by atoms with Crippen molar-refractivity contribution in [3.8, 4) is 0 Å². The maximum absolute atomic E-state index is 7.36. The Bertz CT molecular complexity index is 114. The molecule has 0 aliphatic rings. The zero-order valence-corrected chi connectivity index (χ0v) is 6.44. The van der Waals surface area contributed by atoms with Gasteiger partial charge in [0.05, 0.1) is 0 Å². The van der Waals surface area contributed by atoms with E-state index in [0.29, 0.717) is 17.5 Å². The molecule has 0 amide bonds. The molecule has 9 heavy (non-hydrogen) atoms. The number of rotatable bonds is 3. The first-order valence-electron chi connectivity index (χ1n) is 3.30. The Morgan fingerprint density at radius 1 is 1.44 bits per heavy atom. The standard InChI is InChI=1S/C8H15N/c1-5-8(9)7(4)6(2)3/h5-7,9H,1H2,2-4H3. The highest BCUT2D eigenvalue weighted by Crippen LogP contribution is 2.10. The van der Waals surface area contributed by atoms with Crippen LogP contribution in [0.25, 0.3) is 0 Å². The van der Waals surface area contributed by atoms with Gasteiger partial charge in [-0.3, -0.25) is 0 Å². The molecule has 0 saturated heterocycles. The molecule has 0 fully saturated rings. The summed E-state index contributed by atoms with van der Waals surface area (Å²) in [7, 11) is 0. The van der Waals surface area contributed by atoms with E-state index in [2.05, 4.69) is 27.4 Å². The fourth-order valence-electron chi connectivity index (χ4n) is 0.545. The van der Waals surface area contributed by atoms with Gasteiger partial charge in [-0.1, -0.05) is 27.4 Å². The Hall–Kier alpha value is -0.590. The lowest BCUT2D eigenvalue weighted by atomic mass is 9.93. The first-order valence-corrected chi connectivity index (χ1v) is 3.30. The summed E-state index contributed by atoms with van der Waals surface area (Å²) in [6, 6.07) is 0. The Labute approximate surface area is 57.3 Å². The van der Waals surface area contributed by atoms with Crippen LogP contribution < -0.4 is 0 Å². The molecule has 1 N–H and O–H groups in total. The van der Waals surface area contributed by atoms with Crippen LogP contribution >= 0.6 is 0 Å². The van der Waals surface area contributed by atoms with E-state index < -0.39 is 0 Å². The van der Waals surface area contributed by atoms with Gasteiger partial charge in [-0.25, -0.2) is 0 Å². The molecule has 0 rings (SSSR count). The Balaban J connectivity index is 3.87. The van der Waals surface area contributed by atoms with E-state index in [-0.39, 0.29) is 0 Å². The quantitative estimate of drug-likeness (QED) is 0.560. The fourth-order valence-corrected chi connectivity index (χ4v) is 0.545. The molecule has 0 heterocycles. The third-order valence-corrected chi connectivity index (χ3v) is 1.71. The third kappa shape index (κ3) is 2.45.